The van der Waals surface area contributed by atoms with Gasteiger partial charge in [0.15, 0.2) is 5.16 Å². The van der Waals surface area contributed by atoms with E-state index in [0.29, 0.717) is 11.2 Å². The molecule has 1 aliphatic rings. The maximum atomic E-state index is 11.7. The summed E-state index contributed by atoms with van der Waals surface area (Å²) >= 11 is 1.43. The van der Waals surface area contributed by atoms with E-state index in [1.807, 2.05) is 12.3 Å². The highest BCUT2D eigenvalue weighted by molar-refractivity contribution is 7.99. The van der Waals surface area contributed by atoms with Gasteiger partial charge in [-0.25, -0.2) is 14.9 Å². The SMILES string of the molecule is CCCNCc1ccc(Sc2n[nH]c(=O)n2C2CC2)nc1. The largest absolute Gasteiger partial charge is 0.344 e. The Kier molecular flexibility index (Phi) is 4.40. The van der Waals surface area contributed by atoms with Crippen molar-refractivity contribution in [2.75, 3.05) is 6.54 Å². The Morgan fingerprint density at radius 2 is 2.33 bits per heavy atom. The van der Waals surface area contributed by atoms with Gasteiger partial charge in [0.05, 0.1) is 0 Å². The third-order valence-electron chi connectivity index (χ3n) is 3.33. The van der Waals surface area contributed by atoms with Crippen molar-refractivity contribution in [1.29, 1.82) is 0 Å². The van der Waals surface area contributed by atoms with Crippen LogP contribution < -0.4 is 11.0 Å². The second-order valence-corrected chi connectivity index (χ2v) is 6.18. The Hall–Kier alpha value is -1.60. The summed E-state index contributed by atoms with van der Waals surface area (Å²) in [5, 5.41) is 11.5. The average Bonchev–Trinajstić information content (AvgIpc) is 3.26. The van der Waals surface area contributed by atoms with E-state index in [1.165, 1.54) is 11.8 Å². The van der Waals surface area contributed by atoms with E-state index in [9.17, 15) is 4.79 Å². The number of pyridine rings is 1. The van der Waals surface area contributed by atoms with E-state index in [4.69, 9.17) is 0 Å². The molecule has 21 heavy (non-hydrogen) atoms. The van der Waals surface area contributed by atoms with Crippen LogP contribution in [0, 0.1) is 0 Å². The van der Waals surface area contributed by atoms with Gasteiger partial charge >= 0.3 is 5.69 Å². The van der Waals surface area contributed by atoms with Crippen LogP contribution >= 0.6 is 11.8 Å². The van der Waals surface area contributed by atoms with E-state index in [2.05, 4.69) is 33.5 Å². The van der Waals surface area contributed by atoms with Crippen LogP contribution in [-0.2, 0) is 6.54 Å². The highest BCUT2D eigenvalue weighted by Gasteiger charge is 2.28. The summed E-state index contributed by atoms with van der Waals surface area (Å²) in [5.74, 6) is 0. The maximum Gasteiger partial charge on any atom is 0.344 e. The lowest BCUT2D eigenvalue weighted by Gasteiger charge is -2.05. The van der Waals surface area contributed by atoms with Gasteiger partial charge in [-0.05, 0) is 49.2 Å². The number of rotatable bonds is 7. The fourth-order valence-electron chi connectivity index (χ4n) is 2.10. The fraction of sp³-hybridized carbons (Fsp3) is 0.500. The Morgan fingerprint density at radius 1 is 1.48 bits per heavy atom. The highest BCUT2D eigenvalue weighted by Crippen LogP contribution is 2.37. The van der Waals surface area contributed by atoms with Crippen molar-refractivity contribution in [2.45, 2.75) is 49.0 Å². The van der Waals surface area contributed by atoms with Crippen molar-refractivity contribution in [3.63, 3.8) is 0 Å². The zero-order valence-corrected chi connectivity index (χ0v) is 12.8. The minimum Gasteiger partial charge on any atom is -0.313 e. The predicted molar refractivity (Wildman–Crippen MR) is 81.5 cm³/mol. The fourth-order valence-corrected chi connectivity index (χ4v) is 2.95. The molecule has 0 saturated heterocycles. The molecule has 1 saturated carbocycles. The maximum absolute atomic E-state index is 11.7. The lowest BCUT2D eigenvalue weighted by atomic mass is 10.3. The standard InChI is InChI=1S/C14H19N5OS/c1-2-7-15-8-10-3-6-12(16-9-10)21-14-18-17-13(20)19(14)11-4-5-11/h3,6,9,11,15H,2,4-5,7-8H2,1H3,(H,17,20). The van der Waals surface area contributed by atoms with Crippen molar-refractivity contribution in [3.8, 4) is 0 Å². The molecule has 6 nitrogen and oxygen atoms in total. The number of hydrogen-bond donors (Lipinski definition) is 2. The van der Waals surface area contributed by atoms with E-state index in [-0.39, 0.29) is 5.69 Å². The normalized spacial score (nSPS) is 14.5. The zero-order valence-electron chi connectivity index (χ0n) is 12.0. The first kappa shape index (κ1) is 14.3. The third-order valence-corrected chi connectivity index (χ3v) is 4.25. The molecule has 1 fully saturated rings. The van der Waals surface area contributed by atoms with Crippen LogP contribution in [0.1, 0.15) is 37.8 Å². The second-order valence-electron chi connectivity index (χ2n) is 5.20. The molecule has 2 aromatic heterocycles. The summed E-state index contributed by atoms with van der Waals surface area (Å²) in [7, 11) is 0. The quantitative estimate of drug-likeness (QED) is 0.765. The number of nitrogens with one attached hydrogen (secondary N) is 2. The van der Waals surface area contributed by atoms with E-state index in [1.54, 1.807) is 4.57 Å². The minimum atomic E-state index is -0.125. The summed E-state index contributed by atoms with van der Waals surface area (Å²) in [6, 6.07) is 4.35. The molecule has 112 valence electrons. The van der Waals surface area contributed by atoms with Crippen LogP contribution in [0.25, 0.3) is 0 Å². The lowest BCUT2D eigenvalue weighted by molar-refractivity contribution is 0.642. The molecule has 3 rings (SSSR count). The average molecular weight is 305 g/mol. The van der Waals surface area contributed by atoms with E-state index >= 15 is 0 Å². The molecule has 1 aliphatic carbocycles. The van der Waals surface area contributed by atoms with E-state index in [0.717, 1.165) is 42.9 Å². The van der Waals surface area contributed by atoms with Crippen LogP contribution in [0.15, 0.2) is 33.3 Å². The van der Waals surface area contributed by atoms with Gasteiger partial charge in [-0.1, -0.05) is 13.0 Å². The van der Waals surface area contributed by atoms with Crippen molar-refractivity contribution < 1.29 is 0 Å². The molecular formula is C14H19N5OS. The number of hydrogen-bond acceptors (Lipinski definition) is 5. The van der Waals surface area contributed by atoms with Crippen LogP contribution in [0.5, 0.6) is 0 Å². The highest BCUT2D eigenvalue weighted by atomic mass is 32.2. The summed E-state index contributed by atoms with van der Waals surface area (Å²) in [6.07, 6.45) is 5.11. The number of aromatic nitrogens is 4. The second kappa shape index (κ2) is 6.44. The van der Waals surface area contributed by atoms with Gasteiger partial charge in [-0.2, -0.15) is 0 Å². The predicted octanol–water partition coefficient (Wildman–Crippen LogP) is 1.95. The van der Waals surface area contributed by atoms with E-state index < -0.39 is 0 Å². The molecule has 7 heteroatoms. The molecule has 0 spiro atoms. The summed E-state index contributed by atoms with van der Waals surface area (Å²) in [6.45, 7) is 3.99. The minimum absolute atomic E-state index is 0.125. The first-order chi connectivity index (χ1) is 10.3. The van der Waals surface area contributed by atoms with Gasteiger partial charge in [-0.3, -0.25) is 4.57 Å². The molecular weight excluding hydrogens is 286 g/mol. The first-order valence-electron chi connectivity index (χ1n) is 7.28. The Morgan fingerprint density at radius 3 is 3.00 bits per heavy atom. The molecule has 0 atom stereocenters. The van der Waals surface area contributed by atoms with Crippen LogP contribution in [0.2, 0.25) is 0 Å². The number of aromatic amines is 1. The van der Waals surface area contributed by atoms with Crippen LogP contribution in [0.3, 0.4) is 0 Å². The third kappa shape index (κ3) is 3.54. The van der Waals surface area contributed by atoms with Crippen LogP contribution in [-0.4, -0.2) is 26.3 Å². The van der Waals surface area contributed by atoms with Crippen molar-refractivity contribution in [2.24, 2.45) is 0 Å². The molecule has 2 N–H and O–H groups in total. The zero-order chi connectivity index (χ0) is 14.7. The summed E-state index contributed by atoms with van der Waals surface area (Å²) < 4.78 is 1.74. The molecule has 2 heterocycles. The van der Waals surface area contributed by atoms with Crippen molar-refractivity contribution >= 4 is 11.8 Å². The molecule has 0 bridgehead atoms. The van der Waals surface area contributed by atoms with Crippen molar-refractivity contribution in [3.05, 3.63) is 34.4 Å². The van der Waals surface area contributed by atoms with Crippen molar-refractivity contribution in [1.82, 2.24) is 25.1 Å². The van der Waals surface area contributed by atoms with Crippen LogP contribution in [0.4, 0.5) is 0 Å². The Bertz CT molecular complexity index is 644. The molecule has 0 aliphatic heterocycles. The number of nitrogens with zero attached hydrogens (tertiary/aromatic N) is 3. The number of H-pyrrole nitrogens is 1. The molecule has 0 unspecified atom stereocenters. The molecule has 0 amide bonds. The Labute approximate surface area is 127 Å². The summed E-state index contributed by atoms with van der Waals surface area (Å²) in [5.41, 5.74) is 1.04. The van der Waals surface area contributed by atoms with Gasteiger partial charge in [0.1, 0.15) is 5.03 Å². The summed E-state index contributed by atoms with van der Waals surface area (Å²) in [4.78, 5) is 16.2. The van der Waals surface area contributed by atoms with Gasteiger partial charge < -0.3 is 5.32 Å². The smallest absolute Gasteiger partial charge is 0.313 e. The molecule has 0 aromatic carbocycles. The van der Waals surface area contributed by atoms with Gasteiger partial charge in [0.2, 0.25) is 0 Å². The monoisotopic (exact) mass is 305 g/mol. The van der Waals surface area contributed by atoms with Gasteiger partial charge in [-0.15, -0.1) is 5.10 Å². The Balaban J connectivity index is 1.66. The van der Waals surface area contributed by atoms with Gasteiger partial charge in [0, 0.05) is 18.8 Å². The first-order valence-corrected chi connectivity index (χ1v) is 8.10. The van der Waals surface area contributed by atoms with Gasteiger partial charge in [0.25, 0.3) is 0 Å². The lowest BCUT2D eigenvalue weighted by Crippen LogP contribution is -2.16. The topological polar surface area (TPSA) is 75.6 Å². The molecule has 0 radical (unpaired) electrons. The molecule has 2 aromatic rings.